The maximum Gasteiger partial charge on any atom is 0.206 e. The molecule has 0 aliphatic carbocycles. The molecule has 0 N–H and O–H groups in total. The fourth-order valence-corrected chi connectivity index (χ4v) is 3.32. The average molecular weight is 337 g/mol. The molecule has 0 unspecified atom stereocenters. The van der Waals surface area contributed by atoms with Gasteiger partial charge in [-0.1, -0.05) is 12.1 Å². The SMILES string of the molecule is COc1ccc(C(=O)CN2C3=NCCN3c3ccccc32)cc1OC. The largest absolute Gasteiger partial charge is 0.493 e. The van der Waals surface area contributed by atoms with Crippen LogP contribution in [0.4, 0.5) is 11.4 Å². The first-order valence-corrected chi connectivity index (χ1v) is 8.16. The summed E-state index contributed by atoms with van der Waals surface area (Å²) in [6.45, 7) is 1.85. The van der Waals surface area contributed by atoms with E-state index in [0.29, 0.717) is 17.1 Å². The number of carbonyl (C=O) groups excluding carboxylic acids is 1. The predicted molar refractivity (Wildman–Crippen MR) is 97.3 cm³/mol. The van der Waals surface area contributed by atoms with E-state index in [1.54, 1.807) is 32.4 Å². The Morgan fingerprint density at radius 1 is 1.08 bits per heavy atom. The molecule has 0 amide bonds. The van der Waals surface area contributed by atoms with Gasteiger partial charge >= 0.3 is 0 Å². The number of anilines is 2. The minimum Gasteiger partial charge on any atom is -0.493 e. The number of guanidine groups is 1. The van der Waals surface area contributed by atoms with Gasteiger partial charge in [0.1, 0.15) is 0 Å². The van der Waals surface area contributed by atoms with Crippen LogP contribution in [0.3, 0.4) is 0 Å². The van der Waals surface area contributed by atoms with Crippen molar-refractivity contribution in [2.45, 2.75) is 0 Å². The van der Waals surface area contributed by atoms with Gasteiger partial charge < -0.3 is 19.3 Å². The first-order chi connectivity index (χ1) is 12.2. The number of ketones is 1. The third kappa shape index (κ3) is 2.50. The van der Waals surface area contributed by atoms with Crippen LogP contribution in [-0.2, 0) is 0 Å². The van der Waals surface area contributed by atoms with Crippen LogP contribution < -0.4 is 19.3 Å². The number of para-hydroxylation sites is 2. The molecule has 4 rings (SSSR count). The molecule has 128 valence electrons. The van der Waals surface area contributed by atoms with Gasteiger partial charge in [0, 0.05) is 12.1 Å². The normalized spacial score (nSPS) is 14.9. The fourth-order valence-electron chi connectivity index (χ4n) is 3.32. The maximum absolute atomic E-state index is 12.9. The van der Waals surface area contributed by atoms with Crippen LogP contribution in [0.2, 0.25) is 0 Å². The first kappa shape index (κ1) is 15.5. The second kappa shape index (κ2) is 6.12. The number of hydrogen-bond acceptors (Lipinski definition) is 6. The Morgan fingerprint density at radius 3 is 2.60 bits per heavy atom. The standard InChI is InChI=1S/C19H19N3O3/c1-24-17-8-7-13(11-18(17)25-2)16(23)12-22-15-6-4-3-5-14(15)21-10-9-20-19(21)22/h3-8,11H,9-10,12H2,1-2H3. The summed E-state index contributed by atoms with van der Waals surface area (Å²) in [6, 6.07) is 13.3. The highest BCUT2D eigenvalue weighted by Crippen LogP contribution is 2.38. The van der Waals surface area contributed by atoms with Gasteiger partial charge in [-0.3, -0.25) is 9.79 Å². The van der Waals surface area contributed by atoms with E-state index in [-0.39, 0.29) is 12.3 Å². The van der Waals surface area contributed by atoms with E-state index in [2.05, 4.69) is 16.0 Å². The van der Waals surface area contributed by atoms with Gasteiger partial charge in [-0.2, -0.15) is 0 Å². The number of benzene rings is 2. The van der Waals surface area contributed by atoms with E-state index in [1.165, 1.54) is 0 Å². The smallest absolute Gasteiger partial charge is 0.206 e. The molecule has 6 nitrogen and oxygen atoms in total. The lowest BCUT2D eigenvalue weighted by Crippen LogP contribution is -2.38. The molecular weight excluding hydrogens is 318 g/mol. The molecule has 0 saturated carbocycles. The number of carbonyl (C=O) groups is 1. The number of aliphatic imine (C=N–C) groups is 1. The zero-order chi connectivity index (χ0) is 17.4. The predicted octanol–water partition coefficient (Wildman–Crippen LogP) is 2.58. The number of methoxy groups -OCH3 is 2. The van der Waals surface area contributed by atoms with Crippen molar-refractivity contribution in [3.05, 3.63) is 48.0 Å². The molecule has 0 bridgehead atoms. The Bertz CT molecular complexity index is 863. The molecule has 2 aliphatic heterocycles. The minimum atomic E-state index is 0.00667. The van der Waals surface area contributed by atoms with Crippen molar-refractivity contribution in [2.24, 2.45) is 4.99 Å². The zero-order valence-corrected chi connectivity index (χ0v) is 14.2. The van der Waals surface area contributed by atoms with Gasteiger partial charge in [-0.25, -0.2) is 0 Å². The second-order valence-electron chi connectivity index (χ2n) is 5.90. The third-order valence-electron chi connectivity index (χ3n) is 4.53. The second-order valence-corrected chi connectivity index (χ2v) is 5.90. The van der Waals surface area contributed by atoms with Crippen LogP contribution >= 0.6 is 0 Å². The number of fused-ring (bicyclic) bond motifs is 3. The number of nitrogens with zero attached hydrogens (tertiary/aromatic N) is 3. The molecule has 0 aromatic heterocycles. The van der Waals surface area contributed by atoms with Crippen molar-refractivity contribution in [1.29, 1.82) is 0 Å². The lowest BCUT2D eigenvalue weighted by Gasteiger charge is -2.19. The van der Waals surface area contributed by atoms with Crippen LogP contribution in [0, 0.1) is 0 Å². The first-order valence-electron chi connectivity index (χ1n) is 8.16. The Labute approximate surface area is 146 Å². The van der Waals surface area contributed by atoms with Gasteiger partial charge in [0.05, 0.1) is 38.7 Å². The van der Waals surface area contributed by atoms with Crippen LogP contribution in [0.5, 0.6) is 11.5 Å². The van der Waals surface area contributed by atoms with E-state index in [1.807, 2.05) is 23.1 Å². The quantitative estimate of drug-likeness (QED) is 0.785. The van der Waals surface area contributed by atoms with E-state index in [9.17, 15) is 4.79 Å². The molecule has 0 atom stereocenters. The van der Waals surface area contributed by atoms with Gasteiger partial charge in [0.25, 0.3) is 0 Å². The summed E-state index contributed by atoms with van der Waals surface area (Å²) in [5, 5.41) is 0. The van der Waals surface area contributed by atoms with Crippen molar-refractivity contribution < 1.29 is 14.3 Å². The molecular formula is C19H19N3O3. The topological polar surface area (TPSA) is 54.4 Å². The van der Waals surface area contributed by atoms with Crippen molar-refractivity contribution in [3.8, 4) is 11.5 Å². The van der Waals surface area contributed by atoms with Gasteiger partial charge in [-0.15, -0.1) is 0 Å². The Balaban J connectivity index is 1.63. The van der Waals surface area contributed by atoms with Crippen molar-refractivity contribution in [2.75, 3.05) is 43.7 Å². The molecule has 2 aromatic carbocycles. The average Bonchev–Trinajstić information content (AvgIpc) is 3.24. The van der Waals surface area contributed by atoms with E-state index in [0.717, 1.165) is 30.4 Å². The fraction of sp³-hybridized carbons (Fsp3) is 0.263. The molecule has 2 aliphatic rings. The van der Waals surface area contributed by atoms with Gasteiger partial charge in [-0.05, 0) is 30.3 Å². The van der Waals surface area contributed by atoms with Crippen LogP contribution in [-0.4, -0.2) is 45.6 Å². The summed E-state index contributed by atoms with van der Waals surface area (Å²) in [6.07, 6.45) is 0. The molecule has 25 heavy (non-hydrogen) atoms. The highest BCUT2D eigenvalue weighted by molar-refractivity contribution is 6.20. The van der Waals surface area contributed by atoms with Gasteiger partial charge in [0.2, 0.25) is 5.96 Å². The van der Waals surface area contributed by atoms with Crippen molar-refractivity contribution in [3.63, 3.8) is 0 Å². The van der Waals surface area contributed by atoms with Crippen LogP contribution in [0.25, 0.3) is 0 Å². The highest BCUT2D eigenvalue weighted by atomic mass is 16.5. The molecule has 0 fully saturated rings. The summed E-state index contributed by atoms with van der Waals surface area (Å²) in [4.78, 5) is 21.6. The Kier molecular flexibility index (Phi) is 3.80. The highest BCUT2D eigenvalue weighted by Gasteiger charge is 2.35. The van der Waals surface area contributed by atoms with Crippen LogP contribution in [0.15, 0.2) is 47.5 Å². The number of rotatable bonds is 5. The van der Waals surface area contributed by atoms with E-state index >= 15 is 0 Å². The lowest BCUT2D eigenvalue weighted by molar-refractivity contribution is 0.100. The maximum atomic E-state index is 12.9. The zero-order valence-electron chi connectivity index (χ0n) is 14.2. The number of ether oxygens (including phenoxy) is 2. The summed E-state index contributed by atoms with van der Waals surface area (Å²) in [5.41, 5.74) is 2.72. The summed E-state index contributed by atoms with van der Waals surface area (Å²) in [7, 11) is 3.14. The summed E-state index contributed by atoms with van der Waals surface area (Å²) < 4.78 is 10.5. The number of Topliss-reactive ketones (excluding diaryl/α,β-unsaturated/α-hetero) is 1. The Hall–Kier alpha value is -3.02. The Morgan fingerprint density at radius 2 is 1.84 bits per heavy atom. The molecule has 6 heteroatoms. The molecule has 0 radical (unpaired) electrons. The van der Waals surface area contributed by atoms with Crippen LogP contribution in [0.1, 0.15) is 10.4 Å². The lowest BCUT2D eigenvalue weighted by atomic mass is 10.1. The van der Waals surface area contributed by atoms with E-state index in [4.69, 9.17) is 9.47 Å². The molecule has 0 saturated heterocycles. The minimum absolute atomic E-state index is 0.00667. The summed E-state index contributed by atoms with van der Waals surface area (Å²) >= 11 is 0. The molecule has 2 heterocycles. The molecule has 2 aromatic rings. The monoisotopic (exact) mass is 337 g/mol. The van der Waals surface area contributed by atoms with Gasteiger partial charge in [0.15, 0.2) is 17.3 Å². The number of hydrogen-bond donors (Lipinski definition) is 0. The van der Waals surface area contributed by atoms with Crippen molar-refractivity contribution in [1.82, 2.24) is 0 Å². The summed E-state index contributed by atoms with van der Waals surface area (Å²) in [5.74, 6) is 2.02. The molecule has 0 spiro atoms. The third-order valence-corrected chi connectivity index (χ3v) is 4.53. The van der Waals surface area contributed by atoms with Crippen molar-refractivity contribution >= 4 is 23.1 Å². The van der Waals surface area contributed by atoms with E-state index < -0.39 is 0 Å².